The second-order valence-electron chi connectivity index (χ2n) is 3.77. The van der Waals surface area contributed by atoms with E-state index in [4.69, 9.17) is 4.74 Å². The molecule has 2 atom stereocenters. The van der Waals surface area contributed by atoms with Gasteiger partial charge in [-0.1, -0.05) is 28.1 Å². The molecule has 0 heterocycles. The van der Waals surface area contributed by atoms with Crippen LogP contribution in [0.5, 0.6) is 0 Å². The summed E-state index contributed by atoms with van der Waals surface area (Å²) in [5.74, 6) is 0. The molecule has 0 spiro atoms. The number of hydrogen-bond donors (Lipinski definition) is 1. The van der Waals surface area contributed by atoms with E-state index >= 15 is 0 Å². The van der Waals surface area contributed by atoms with Crippen molar-refractivity contribution in [2.45, 2.75) is 32.0 Å². The normalized spacial score (nSPS) is 14.9. The van der Waals surface area contributed by atoms with Gasteiger partial charge in [-0.25, -0.2) is 0 Å². The summed E-state index contributed by atoms with van der Waals surface area (Å²) in [6.07, 6.45) is 1.11. The van der Waals surface area contributed by atoms with E-state index in [1.807, 2.05) is 31.2 Å². The van der Waals surface area contributed by atoms with Crippen molar-refractivity contribution in [3.63, 3.8) is 0 Å². The Morgan fingerprint density at radius 3 is 2.80 bits per heavy atom. The molecule has 0 radical (unpaired) electrons. The molecule has 0 fully saturated rings. The van der Waals surface area contributed by atoms with E-state index in [0.717, 1.165) is 10.0 Å². The number of benzene rings is 1. The van der Waals surface area contributed by atoms with Gasteiger partial charge in [0.25, 0.3) is 0 Å². The number of aliphatic hydroxyl groups is 1. The molecule has 2 unspecified atom stereocenters. The zero-order valence-electron chi connectivity index (χ0n) is 9.11. The number of rotatable bonds is 5. The zero-order chi connectivity index (χ0) is 11.3. The summed E-state index contributed by atoms with van der Waals surface area (Å²) in [6.45, 7) is 1.96. The third kappa shape index (κ3) is 4.78. The third-order valence-electron chi connectivity index (χ3n) is 2.37. The third-order valence-corrected chi connectivity index (χ3v) is 2.86. The average Bonchev–Trinajstić information content (AvgIpc) is 2.17. The fourth-order valence-corrected chi connectivity index (χ4v) is 1.95. The van der Waals surface area contributed by atoms with Gasteiger partial charge in [0.1, 0.15) is 0 Å². The van der Waals surface area contributed by atoms with Gasteiger partial charge in [-0.15, -0.1) is 0 Å². The van der Waals surface area contributed by atoms with Crippen molar-refractivity contribution in [3.8, 4) is 0 Å². The van der Waals surface area contributed by atoms with Crippen molar-refractivity contribution in [1.82, 2.24) is 0 Å². The summed E-state index contributed by atoms with van der Waals surface area (Å²) in [6, 6.07) is 8.01. The van der Waals surface area contributed by atoms with Gasteiger partial charge in [0.2, 0.25) is 0 Å². The minimum atomic E-state index is -0.339. The van der Waals surface area contributed by atoms with Crippen LogP contribution in [0.3, 0.4) is 0 Å². The van der Waals surface area contributed by atoms with E-state index in [1.54, 1.807) is 7.11 Å². The predicted molar refractivity (Wildman–Crippen MR) is 64.9 cm³/mol. The predicted octanol–water partition coefficient (Wildman–Crippen LogP) is 2.78. The van der Waals surface area contributed by atoms with Crippen LogP contribution < -0.4 is 0 Å². The van der Waals surface area contributed by atoms with E-state index in [1.165, 1.54) is 0 Å². The molecule has 84 valence electrons. The standard InChI is InChI=1S/C12H17BrO2/c1-9(15-2)6-12(14)8-10-4-3-5-11(13)7-10/h3-5,7,9,12,14H,6,8H2,1-2H3. The van der Waals surface area contributed by atoms with E-state index in [9.17, 15) is 5.11 Å². The maximum atomic E-state index is 9.80. The van der Waals surface area contributed by atoms with Crippen LogP contribution in [0.15, 0.2) is 28.7 Å². The first-order valence-corrected chi connectivity index (χ1v) is 5.86. The van der Waals surface area contributed by atoms with Crippen LogP contribution in [0.1, 0.15) is 18.9 Å². The molecule has 0 aliphatic rings. The summed E-state index contributed by atoms with van der Waals surface area (Å²) in [4.78, 5) is 0. The lowest BCUT2D eigenvalue weighted by Crippen LogP contribution is -2.18. The van der Waals surface area contributed by atoms with Gasteiger partial charge >= 0.3 is 0 Å². The van der Waals surface area contributed by atoms with E-state index < -0.39 is 0 Å². The Balaban J connectivity index is 2.47. The first kappa shape index (κ1) is 12.7. The smallest absolute Gasteiger partial charge is 0.0605 e. The molecular weight excluding hydrogens is 256 g/mol. The SMILES string of the molecule is COC(C)CC(O)Cc1cccc(Br)c1. The molecule has 0 aliphatic carbocycles. The van der Waals surface area contributed by atoms with Gasteiger partial charge in [0.15, 0.2) is 0 Å². The Labute approximate surface area is 99.4 Å². The Morgan fingerprint density at radius 2 is 2.20 bits per heavy atom. The summed E-state index contributed by atoms with van der Waals surface area (Å²) >= 11 is 3.41. The van der Waals surface area contributed by atoms with Crippen molar-refractivity contribution < 1.29 is 9.84 Å². The zero-order valence-corrected chi connectivity index (χ0v) is 10.7. The lowest BCUT2D eigenvalue weighted by atomic mass is 10.0. The summed E-state index contributed by atoms with van der Waals surface area (Å²) < 4.78 is 6.16. The van der Waals surface area contributed by atoms with Crippen molar-refractivity contribution in [2.24, 2.45) is 0 Å². The van der Waals surface area contributed by atoms with Gasteiger partial charge in [0, 0.05) is 11.6 Å². The van der Waals surface area contributed by atoms with Crippen LogP contribution in [-0.4, -0.2) is 24.4 Å². The maximum Gasteiger partial charge on any atom is 0.0605 e. The number of hydrogen-bond acceptors (Lipinski definition) is 2. The van der Waals surface area contributed by atoms with Crippen LogP contribution in [0.2, 0.25) is 0 Å². The van der Waals surface area contributed by atoms with Crippen molar-refractivity contribution >= 4 is 15.9 Å². The van der Waals surface area contributed by atoms with Gasteiger partial charge in [0.05, 0.1) is 12.2 Å². The van der Waals surface area contributed by atoms with Gasteiger partial charge < -0.3 is 9.84 Å². The highest BCUT2D eigenvalue weighted by atomic mass is 79.9. The molecule has 1 aromatic rings. The summed E-state index contributed by atoms with van der Waals surface area (Å²) in [5.41, 5.74) is 1.14. The molecule has 3 heteroatoms. The highest BCUT2D eigenvalue weighted by Crippen LogP contribution is 2.14. The van der Waals surface area contributed by atoms with Gasteiger partial charge in [-0.2, -0.15) is 0 Å². The fourth-order valence-electron chi connectivity index (χ4n) is 1.50. The molecule has 15 heavy (non-hydrogen) atoms. The van der Waals surface area contributed by atoms with Gasteiger partial charge in [-0.05, 0) is 37.5 Å². The van der Waals surface area contributed by atoms with E-state index in [0.29, 0.717) is 12.8 Å². The van der Waals surface area contributed by atoms with Crippen LogP contribution in [0, 0.1) is 0 Å². The molecule has 1 aromatic carbocycles. The van der Waals surface area contributed by atoms with Crippen molar-refractivity contribution in [1.29, 1.82) is 0 Å². The fraction of sp³-hybridized carbons (Fsp3) is 0.500. The lowest BCUT2D eigenvalue weighted by Gasteiger charge is -2.15. The van der Waals surface area contributed by atoms with Crippen molar-refractivity contribution in [3.05, 3.63) is 34.3 Å². The minimum Gasteiger partial charge on any atom is -0.393 e. The second-order valence-corrected chi connectivity index (χ2v) is 4.69. The number of ether oxygens (including phenoxy) is 1. The largest absolute Gasteiger partial charge is 0.393 e. The molecule has 0 aliphatic heterocycles. The van der Waals surface area contributed by atoms with E-state index in [2.05, 4.69) is 15.9 Å². The number of halogens is 1. The molecule has 1 N–H and O–H groups in total. The Kier molecular flexibility index (Phi) is 5.29. The van der Waals surface area contributed by atoms with Crippen LogP contribution in [0.25, 0.3) is 0 Å². The number of aliphatic hydroxyl groups excluding tert-OH is 1. The Bertz CT molecular complexity index is 301. The van der Waals surface area contributed by atoms with Crippen LogP contribution >= 0.6 is 15.9 Å². The summed E-state index contributed by atoms with van der Waals surface area (Å²) in [7, 11) is 1.66. The molecule has 0 saturated heterocycles. The lowest BCUT2D eigenvalue weighted by molar-refractivity contribution is 0.0565. The molecule has 0 amide bonds. The average molecular weight is 273 g/mol. The minimum absolute atomic E-state index is 0.104. The maximum absolute atomic E-state index is 9.80. The van der Waals surface area contributed by atoms with Crippen LogP contribution in [-0.2, 0) is 11.2 Å². The van der Waals surface area contributed by atoms with E-state index in [-0.39, 0.29) is 12.2 Å². The quantitative estimate of drug-likeness (QED) is 0.893. The molecule has 0 saturated carbocycles. The number of methoxy groups -OCH3 is 1. The first-order valence-electron chi connectivity index (χ1n) is 5.07. The van der Waals surface area contributed by atoms with Gasteiger partial charge in [-0.3, -0.25) is 0 Å². The monoisotopic (exact) mass is 272 g/mol. The molecule has 1 rings (SSSR count). The molecular formula is C12H17BrO2. The second kappa shape index (κ2) is 6.26. The molecule has 0 aromatic heterocycles. The molecule has 2 nitrogen and oxygen atoms in total. The Hall–Kier alpha value is -0.380. The first-order chi connectivity index (χ1) is 7.11. The topological polar surface area (TPSA) is 29.5 Å². The van der Waals surface area contributed by atoms with Crippen LogP contribution in [0.4, 0.5) is 0 Å². The van der Waals surface area contributed by atoms with Crippen molar-refractivity contribution in [2.75, 3.05) is 7.11 Å². The molecule has 0 bridgehead atoms. The Morgan fingerprint density at radius 1 is 1.47 bits per heavy atom. The highest BCUT2D eigenvalue weighted by molar-refractivity contribution is 9.10. The summed E-state index contributed by atoms with van der Waals surface area (Å²) in [5, 5.41) is 9.80. The highest BCUT2D eigenvalue weighted by Gasteiger charge is 2.10.